The van der Waals surface area contributed by atoms with Crippen molar-refractivity contribution in [2.45, 2.75) is 6.04 Å². The molecule has 0 saturated carbocycles. The van der Waals surface area contributed by atoms with Gasteiger partial charge in [0.05, 0.1) is 12.4 Å². The number of rotatable bonds is 2. The molecule has 1 atom stereocenters. The van der Waals surface area contributed by atoms with Gasteiger partial charge < -0.3 is 16.0 Å². The highest BCUT2D eigenvalue weighted by Crippen LogP contribution is 2.17. The summed E-state index contributed by atoms with van der Waals surface area (Å²) in [5, 5.41) is 14.4. The van der Waals surface area contributed by atoms with Crippen molar-refractivity contribution < 1.29 is 4.79 Å². The highest BCUT2D eigenvalue weighted by atomic mass is 16.1. The van der Waals surface area contributed by atoms with Crippen molar-refractivity contribution in [1.29, 1.82) is 0 Å². The Morgan fingerprint density at radius 3 is 3.22 bits per heavy atom. The molecule has 94 valence electrons. The lowest BCUT2D eigenvalue weighted by Gasteiger charge is -2.35. The molecule has 9 heteroatoms. The van der Waals surface area contributed by atoms with Crippen molar-refractivity contribution in [3.05, 3.63) is 12.4 Å². The van der Waals surface area contributed by atoms with Gasteiger partial charge in [0.25, 0.3) is 0 Å². The fourth-order valence-electron chi connectivity index (χ4n) is 2.09. The van der Waals surface area contributed by atoms with Crippen molar-refractivity contribution in [3.8, 4) is 0 Å². The third kappa shape index (κ3) is 1.64. The lowest BCUT2D eigenvalue weighted by atomic mass is 10.2. The van der Waals surface area contributed by atoms with Crippen molar-refractivity contribution in [2.75, 3.05) is 24.5 Å². The maximum absolute atomic E-state index is 11.5. The number of amides is 1. The van der Waals surface area contributed by atoms with E-state index in [0.717, 1.165) is 6.54 Å². The Labute approximate surface area is 102 Å². The molecular formula is C9H12N8O. The van der Waals surface area contributed by atoms with Gasteiger partial charge in [0, 0.05) is 19.6 Å². The van der Waals surface area contributed by atoms with Gasteiger partial charge in [0.1, 0.15) is 6.04 Å². The number of fused-ring (bicyclic) bond motifs is 1. The fourth-order valence-corrected chi connectivity index (χ4v) is 2.09. The highest BCUT2D eigenvalue weighted by Gasteiger charge is 2.29. The van der Waals surface area contributed by atoms with Crippen molar-refractivity contribution in [2.24, 2.45) is 5.73 Å². The minimum atomic E-state index is -0.421. The van der Waals surface area contributed by atoms with E-state index in [0.29, 0.717) is 24.6 Å². The van der Waals surface area contributed by atoms with Crippen LogP contribution in [0.1, 0.15) is 0 Å². The SMILES string of the molecule is NC(=O)C1CNCCN1c1cncc2nnnn12. The van der Waals surface area contributed by atoms with Crippen LogP contribution in [0.4, 0.5) is 5.82 Å². The van der Waals surface area contributed by atoms with Gasteiger partial charge >= 0.3 is 0 Å². The van der Waals surface area contributed by atoms with Crippen LogP contribution in [0.2, 0.25) is 0 Å². The summed E-state index contributed by atoms with van der Waals surface area (Å²) in [6.07, 6.45) is 3.19. The van der Waals surface area contributed by atoms with Gasteiger partial charge in [-0.1, -0.05) is 0 Å². The molecule has 0 aromatic carbocycles. The molecule has 1 aliphatic rings. The molecule has 3 rings (SSSR count). The van der Waals surface area contributed by atoms with Gasteiger partial charge in [-0.15, -0.1) is 5.10 Å². The zero-order chi connectivity index (χ0) is 12.5. The first-order valence-electron chi connectivity index (χ1n) is 5.56. The number of piperazine rings is 1. The molecule has 2 aromatic rings. The van der Waals surface area contributed by atoms with E-state index < -0.39 is 6.04 Å². The fraction of sp³-hybridized carbons (Fsp3) is 0.444. The maximum atomic E-state index is 11.5. The minimum absolute atomic E-state index is 0.382. The summed E-state index contributed by atoms with van der Waals surface area (Å²) in [4.78, 5) is 17.4. The van der Waals surface area contributed by atoms with Crippen LogP contribution in [0.5, 0.6) is 0 Å². The predicted octanol–water partition coefficient (Wildman–Crippen LogP) is -2.22. The molecule has 0 spiro atoms. The van der Waals surface area contributed by atoms with E-state index in [1.807, 2.05) is 4.90 Å². The number of nitrogens with two attached hydrogens (primary N) is 1. The third-order valence-corrected chi connectivity index (χ3v) is 2.96. The van der Waals surface area contributed by atoms with Crippen LogP contribution in [-0.2, 0) is 4.79 Å². The molecule has 0 radical (unpaired) electrons. The standard InChI is InChI=1S/C9H12N8O/c10-9(18)6-3-11-1-2-16(6)8-5-12-4-7-13-14-15-17(7)8/h4-6,11H,1-3H2,(H2,10,18). The number of hydrogen-bond donors (Lipinski definition) is 2. The van der Waals surface area contributed by atoms with E-state index in [2.05, 4.69) is 25.8 Å². The molecule has 1 unspecified atom stereocenters. The second kappa shape index (κ2) is 4.18. The van der Waals surface area contributed by atoms with Crippen molar-refractivity contribution in [1.82, 2.24) is 30.3 Å². The van der Waals surface area contributed by atoms with Crippen LogP contribution in [0.3, 0.4) is 0 Å². The zero-order valence-electron chi connectivity index (χ0n) is 9.52. The Hall–Kier alpha value is -2.29. The Morgan fingerprint density at radius 2 is 2.39 bits per heavy atom. The quantitative estimate of drug-likeness (QED) is 0.618. The van der Waals surface area contributed by atoms with Crippen LogP contribution in [0, 0.1) is 0 Å². The molecule has 2 aromatic heterocycles. The number of tetrazole rings is 1. The van der Waals surface area contributed by atoms with Gasteiger partial charge in [0.2, 0.25) is 5.91 Å². The third-order valence-electron chi connectivity index (χ3n) is 2.96. The number of primary amides is 1. The number of anilines is 1. The van der Waals surface area contributed by atoms with E-state index in [-0.39, 0.29) is 5.91 Å². The summed E-state index contributed by atoms with van der Waals surface area (Å²) >= 11 is 0. The smallest absolute Gasteiger partial charge is 0.241 e. The van der Waals surface area contributed by atoms with Gasteiger partial charge in [-0.3, -0.25) is 9.78 Å². The van der Waals surface area contributed by atoms with Crippen LogP contribution in [0.15, 0.2) is 12.4 Å². The molecule has 0 bridgehead atoms. The molecule has 9 nitrogen and oxygen atoms in total. The summed E-state index contributed by atoms with van der Waals surface area (Å²) in [6.45, 7) is 1.92. The number of aromatic nitrogens is 5. The Bertz CT molecular complexity index is 581. The molecule has 1 aliphatic heterocycles. The monoisotopic (exact) mass is 248 g/mol. The van der Waals surface area contributed by atoms with Gasteiger partial charge in [-0.05, 0) is 10.4 Å². The highest BCUT2D eigenvalue weighted by molar-refractivity contribution is 5.84. The Kier molecular flexibility index (Phi) is 2.52. The van der Waals surface area contributed by atoms with Gasteiger partial charge in [0.15, 0.2) is 11.5 Å². The van der Waals surface area contributed by atoms with Crippen LogP contribution >= 0.6 is 0 Å². The first-order valence-corrected chi connectivity index (χ1v) is 5.56. The lowest BCUT2D eigenvalue weighted by Crippen LogP contribution is -2.57. The number of carbonyl (C=O) groups is 1. The minimum Gasteiger partial charge on any atom is -0.368 e. The summed E-state index contributed by atoms with van der Waals surface area (Å²) in [6, 6.07) is -0.421. The summed E-state index contributed by atoms with van der Waals surface area (Å²) in [7, 11) is 0. The Balaban J connectivity index is 2.06. The molecule has 1 saturated heterocycles. The molecule has 1 fully saturated rings. The second-order valence-corrected chi connectivity index (χ2v) is 4.03. The topological polar surface area (TPSA) is 114 Å². The van der Waals surface area contributed by atoms with Gasteiger partial charge in [-0.25, -0.2) is 0 Å². The number of hydrogen-bond acceptors (Lipinski definition) is 7. The largest absolute Gasteiger partial charge is 0.368 e. The normalized spacial score (nSPS) is 20.2. The first kappa shape index (κ1) is 10.8. The predicted molar refractivity (Wildman–Crippen MR) is 61.8 cm³/mol. The lowest BCUT2D eigenvalue weighted by molar-refractivity contribution is -0.119. The summed E-state index contributed by atoms with van der Waals surface area (Å²) < 4.78 is 1.55. The summed E-state index contributed by atoms with van der Waals surface area (Å²) in [5.41, 5.74) is 5.95. The van der Waals surface area contributed by atoms with Gasteiger partial charge in [-0.2, -0.15) is 4.52 Å². The molecule has 3 N–H and O–H groups in total. The first-order chi connectivity index (χ1) is 8.77. The molecule has 1 amide bonds. The van der Waals surface area contributed by atoms with Crippen molar-refractivity contribution in [3.63, 3.8) is 0 Å². The summed E-state index contributed by atoms with van der Waals surface area (Å²) in [5.74, 6) is 0.287. The average Bonchev–Trinajstić information content (AvgIpc) is 2.86. The average molecular weight is 248 g/mol. The number of nitrogens with zero attached hydrogens (tertiary/aromatic N) is 6. The Morgan fingerprint density at radius 1 is 1.50 bits per heavy atom. The molecule has 18 heavy (non-hydrogen) atoms. The van der Waals surface area contributed by atoms with Crippen LogP contribution in [-0.4, -0.2) is 56.6 Å². The van der Waals surface area contributed by atoms with E-state index in [1.165, 1.54) is 0 Å². The van der Waals surface area contributed by atoms with E-state index in [1.54, 1.807) is 16.9 Å². The van der Waals surface area contributed by atoms with E-state index >= 15 is 0 Å². The maximum Gasteiger partial charge on any atom is 0.241 e. The van der Waals surface area contributed by atoms with Crippen LogP contribution in [0.25, 0.3) is 5.65 Å². The number of nitrogens with one attached hydrogen (secondary N) is 1. The number of carbonyl (C=O) groups excluding carboxylic acids is 1. The zero-order valence-corrected chi connectivity index (χ0v) is 9.52. The van der Waals surface area contributed by atoms with E-state index in [4.69, 9.17) is 5.73 Å². The van der Waals surface area contributed by atoms with E-state index in [9.17, 15) is 4.79 Å². The van der Waals surface area contributed by atoms with Crippen molar-refractivity contribution >= 4 is 17.4 Å². The molecular weight excluding hydrogens is 236 g/mol. The van der Waals surface area contributed by atoms with Crippen LogP contribution < -0.4 is 16.0 Å². The second-order valence-electron chi connectivity index (χ2n) is 4.03. The molecule has 0 aliphatic carbocycles. The molecule has 3 heterocycles.